The van der Waals surface area contributed by atoms with E-state index in [1.54, 1.807) is 19.3 Å². The number of hydrogen-bond acceptors (Lipinski definition) is 4. The van der Waals surface area contributed by atoms with Crippen molar-refractivity contribution in [3.63, 3.8) is 0 Å². The Kier molecular flexibility index (Phi) is 3.32. The summed E-state index contributed by atoms with van der Waals surface area (Å²) >= 11 is 0. The number of aryl methyl sites for hydroxylation is 1. The lowest BCUT2D eigenvalue weighted by Gasteiger charge is -2.26. The van der Waals surface area contributed by atoms with Crippen molar-refractivity contribution in [2.75, 3.05) is 26.2 Å². The quantitative estimate of drug-likeness (QED) is 0.736. The number of pyridine rings is 1. The van der Waals surface area contributed by atoms with Crippen molar-refractivity contribution < 1.29 is 8.42 Å². The highest BCUT2D eigenvalue weighted by atomic mass is 32.2. The van der Waals surface area contributed by atoms with Crippen molar-refractivity contribution in [2.24, 2.45) is 7.05 Å². The highest BCUT2D eigenvalue weighted by molar-refractivity contribution is 7.89. The summed E-state index contributed by atoms with van der Waals surface area (Å²) in [5.41, 5.74) is -0.481. The Morgan fingerprint density at radius 3 is 2.59 bits per heavy atom. The average Bonchev–Trinajstić information content (AvgIpc) is 2.33. The van der Waals surface area contributed by atoms with Crippen molar-refractivity contribution in [2.45, 2.75) is 4.90 Å². The van der Waals surface area contributed by atoms with Crippen LogP contribution in [0.3, 0.4) is 0 Å². The SMILES string of the molecule is Cn1cccc(S(=O)(=O)N2CCNCC2)c1=O. The Hall–Kier alpha value is -1.18. The summed E-state index contributed by atoms with van der Waals surface area (Å²) in [5, 5.41) is 3.07. The fourth-order valence-electron chi connectivity index (χ4n) is 1.79. The zero-order chi connectivity index (χ0) is 12.5. The standard InChI is InChI=1S/C10H15N3O3S/c1-12-6-2-3-9(10(12)14)17(15,16)13-7-4-11-5-8-13/h2-3,6,11H,4-5,7-8H2,1H3. The Labute approximate surface area is 99.9 Å². The van der Waals surface area contributed by atoms with E-state index in [2.05, 4.69) is 5.32 Å². The van der Waals surface area contributed by atoms with Gasteiger partial charge in [-0.05, 0) is 12.1 Å². The topological polar surface area (TPSA) is 71.4 Å². The largest absolute Gasteiger partial charge is 0.317 e. The molecule has 0 radical (unpaired) electrons. The first-order valence-electron chi connectivity index (χ1n) is 5.40. The molecule has 1 aromatic heterocycles. The van der Waals surface area contributed by atoms with Gasteiger partial charge < -0.3 is 9.88 Å². The number of nitrogens with zero attached hydrogens (tertiary/aromatic N) is 2. The normalized spacial score (nSPS) is 18.2. The lowest BCUT2D eigenvalue weighted by atomic mass is 10.4. The smallest absolute Gasteiger partial charge is 0.270 e. The summed E-state index contributed by atoms with van der Waals surface area (Å²) in [6.45, 7) is 2.04. The Balaban J connectivity index is 2.44. The van der Waals surface area contributed by atoms with Gasteiger partial charge in [0.05, 0.1) is 0 Å². The summed E-state index contributed by atoms with van der Waals surface area (Å²) in [7, 11) is -2.11. The summed E-state index contributed by atoms with van der Waals surface area (Å²) in [6, 6.07) is 2.93. The minimum absolute atomic E-state index is 0.149. The van der Waals surface area contributed by atoms with Gasteiger partial charge in [0.1, 0.15) is 4.90 Å². The fourth-order valence-corrected chi connectivity index (χ4v) is 3.35. The zero-order valence-electron chi connectivity index (χ0n) is 9.59. The van der Waals surface area contributed by atoms with Crippen LogP contribution in [0.1, 0.15) is 0 Å². The molecule has 1 N–H and O–H groups in total. The van der Waals surface area contributed by atoms with Crippen LogP contribution in [-0.4, -0.2) is 43.5 Å². The van der Waals surface area contributed by atoms with E-state index in [0.29, 0.717) is 26.2 Å². The molecule has 1 saturated heterocycles. The highest BCUT2D eigenvalue weighted by Gasteiger charge is 2.28. The molecule has 0 amide bonds. The first-order valence-corrected chi connectivity index (χ1v) is 6.84. The molecule has 2 heterocycles. The first-order chi connectivity index (χ1) is 8.03. The molecule has 0 spiro atoms. The summed E-state index contributed by atoms with van der Waals surface area (Å²) in [4.78, 5) is 11.7. The van der Waals surface area contributed by atoms with Crippen LogP contribution >= 0.6 is 0 Å². The van der Waals surface area contributed by atoms with Crippen molar-refractivity contribution in [3.05, 3.63) is 28.7 Å². The Bertz CT molecular complexity index is 558. The van der Waals surface area contributed by atoms with Crippen LogP contribution in [0.25, 0.3) is 0 Å². The van der Waals surface area contributed by atoms with E-state index in [0.717, 1.165) is 0 Å². The molecule has 17 heavy (non-hydrogen) atoms. The van der Waals surface area contributed by atoms with Crippen LogP contribution in [0.15, 0.2) is 28.0 Å². The van der Waals surface area contributed by atoms with Crippen LogP contribution in [0, 0.1) is 0 Å². The molecular weight excluding hydrogens is 242 g/mol. The van der Waals surface area contributed by atoms with Gasteiger partial charge in [-0.2, -0.15) is 4.31 Å². The number of rotatable bonds is 2. The second kappa shape index (κ2) is 4.59. The van der Waals surface area contributed by atoms with Crippen molar-refractivity contribution in [3.8, 4) is 0 Å². The summed E-state index contributed by atoms with van der Waals surface area (Å²) < 4.78 is 27.1. The number of piperazine rings is 1. The molecule has 1 aromatic rings. The van der Waals surface area contributed by atoms with Gasteiger partial charge in [0.15, 0.2) is 0 Å². The number of nitrogens with one attached hydrogen (secondary N) is 1. The number of aromatic nitrogens is 1. The molecule has 0 bridgehead atoms. The van der Waals surface area contributed by atoms with Gasteiger partial charge in [-0.25, -0.2) is 8.42 Å². The molecule has 94 valence electrons. The molecule has 0 atom stereocenters. The molecule has 1 fully saturated rings. The van der Waals surface area contributed by atoms with Crippen LogP contribution in [0.4, 0.5) is 0 Å². The van der Waals surface area contributed by atoms with Gasteiger partial charge in [0.2, 0.25) is 10.0 Å². The average molecular weight is 257 g/mol. The predicted octanol–water partition coefficient (Wildman–Crippen LogP) is -1.02. The fraction of sp³-hybridized carbons (Fsp3) is 0.500. The molecule has 0 unspecified atom stereocenters. The van der Waals surface area contributed by atoms with Gasteiger partial charge in [-0.1, -0.05) is 0 Å². The molecule has 0 aliphatic carbocycles. The van der Waals surface area contributed by atoms with E-state index in [1.165, 1.54) is 14.9 Å². The first kappa shape index (κ1) is 12.3. The van der Waals surface area contributed by atoms with Gasteiger partial charge in [-0.3, -0.25) is 4.79 Å². The van der Waals surface area contributed by atoms with Gasteiger partial charge >= 0.3 is 0 Å². The molecule has 1 aliphatic heterocycles. The highest BCUT2D eigenvalue weighted by Crippen LogP contribution is 2.11. The molecule has 2 rings (SSSR count). The molecule has 1 aliphatic rings. The van der Waals surface area contributed by atoms with Crippen LogP contribution in [-0.2, 0) is 17.1 Å². The molecule has 0 saturated carbocycles. The molecular formula is C10H15N3O3S. The Morgan fingerprint density at radius 2 is 1.94 bits per heavy atom. The van der Waals surface area contributed by atoms with Crippen molar-refractivity contribution in [1.29, 1.82) is 0 Å². The van der Waals surface area contributed by atoms with E-state index in [9.17, 15) is 13.2 Å². The zero-order valence-corrected chi connectivity index (χ0v) is 10.4. The van der Waals surface area contributed by atoms with Gasteiger partial charge in [0, 0.05) is 39.4 Å². The van der Waals surface area contributed by atoms with Gasteiger partial charge in [-0.15, -0.1) is 0 Å². The van der Waals surface area contributed by atoms with Crippen molar-refractivity contribution >= 4 is 10.0 Å². The van der Waals surface area contributed by atoms with Crippen LogP contribution < -0.4 is 10.9 Å². The predicted molar refractivity (Wildman–Crippen MR) is 63.3 cm³/mol. The molecule has 7 heteroatoms. The monoisotopic (exact) mass is 257 g/mol. The lowest BCUT2D eigenvalue weighted by molar-refractivity contribution is 0.359. The third kappa shape index (κ3) is 2.26. The second-order valence-electron chi connectivity index (χ2n) is 3.94. The van der Waals surface area contributed by atoms with Crippen molar-refractivity contribution in [1.82, 2.24) is 14.2 Å². The van der Waals surface area contributed by atoms with Crippen LogP contribution in [0.5, 0.6) is 0 Å². The maximum absolute atomic E-state index is 12.2. The van der Waals surface area contributed by atoms with E-state index >= 15 is 0 Å². The van der Waals surface area contributed by atoms with Gasteiger partial charge in [0.25, 0.3) is 5.56 Å². The minimum Gasteiger partial charge on any atom is -0.317 e. The summed E-state index contributed by atoms with van der Waals surface area (Å²) in [6.07, 6.45) is 1.54. The summed E-state index contributed by atoms with van der Waals surface area (Å²) in [5.74, 6) is 0. The van der Waals surface area contributed by atoms with E-state index in [-0.39, 0.29) is 4.90 Å². The second-order valence-corrected chi connectivity index (χ2v) is 5.85. The molecule has 0 aromatic carbocycles. The molecule has 6 nitrogen and oxygen atoms in total. The van der Waals surface area contributed by atoms with E-state index < -0.39 is 15.6 Å². The van der Waals surface area contributed by atoms with E-state index in [1.807, 2.05) is 0 Å². The number of hydrogen-bond donors (Lipinski definition) is 1. The van der Waals surface area contributed by atoms with E-state index in [4.69, 9.17) is 0 Å². The van der Waals surface area contributed by atoms with Crippen LogP contribution in [0.2, 0.25) is 0 Å². The lowest BCUT2D eigenvalue weighted by Crippen LogP contribution is -2.47. The maximum atomic E-state index is 12.2. The third-order valence-electron chi connectivity index (χ3n) is 2.78. The minimum atomic E-state index is -3.66. The maximum Gasteiger partial charge on any atom is 0.270 e. The Morgan fingerprint density at radius 1 is 1.29 bits per heavy atom. The third-order valence-corrected chi connectivity index (χ3v) is 4.69. The number of sulfonamides is 1.